The van der Waals surface area contributed by atoms with Crippen LogP contribution in [0.1, 0.15) is 0 Å². The molecule has 33 heavy (non-hydrogen) atoms. The Morgan fingerprint density at radius 2 is 1.15 bits per heavy atom. The zero-order chi connectivity index (χ0) is 22.2. The van der Waals surface area contributed by atoms with Gasteiger partial charge in [-0.15, -0.1) is 11.3 Å². The zero-order valence-corrected chi connectivity index (χ0v) is 20.6. The van der Waals surface area contributed by atoms with Crippen LogP contribution in [0.3, 0.4) is 0 Å². The highest BCUT2D eigenvalue weighted by atomic mass is 79.9. The van der Waals surface area contributed by atoms with E-state index in [0.717, 1.165) is 62.6 Å². The van der Waals surface area contributed by atoms with Crippen LogP contribution in [0, 0.1) is 0 Å². The molecule has 0 aliphatic heterocycles. The van der Waals surface area contributed by atoms with E-state index >= 15 is 0 Å². The Bertz CT molecular complexity index is 2260. The lowest BCUT2D eigenvalue weighted by Crippen LogP contribution is -2.13. The zero-order valence-electron chi connectivity index (χ0n) is 16.6. The molecule has 5 aromatic heterocycles. The van der Waals surface area contributed by atoms with Gasteiger partial charge in [-0.2, -0.15) is 0 Å². The molecule has 0 atom stereocenters. The lowest BCUT2D eigenvalue weighted by molar-refractivity contribution is 1.21. The molecule has 0 fully saturated rings. The van der Waals surface area contributed by atoms with Gasteiger partial charge in [0, 0.05) is 41.3 Å². The Morgan fingerprint density at radius 1 is 0.576 bits per heavy atom. The Kier molecular flexibility index (Phi) is 3.30. The van der Waals surface area contributed by atoms with E-state index in [2.05, 4.69) is 44.0 Å². The second-order valence-electron chi connectivity index (χ2n) is 8.42. The van der Waals surface area contributed by atoms with Crippen molar-refractivity contribution in [3.8, 4) is 0 Å². The van der Waals surface area contributed by atoms with Crippen LogP contribution in [0.25, 0.3) is 63.8 Å². The molecule has 0 unspecified atom stereocenters. The summed E-state index contributed by atoms with van der Waals surface area (Å²) in [5, 5.41) is 5.47. The number of halogens is 2. The van der Waals surface area contributed by atoms with Crippen molar-refractivity contribution in [2.24, 2.45) is 0 Å². The first-order valence-electron chi connectivity index (χ1n) is 10.3. The van der Waals surface area contributed by atoms with E-state index in [0.29, 0.717) is 10.1 Å². The van der Waals surface area contributed by atoms with Crippen molar-refractivity contribution < 1.29 is 0 Å². The number of hydrogen-bond donors (Lipinski definition) is 0. The van der Waals surface area contributed by atoms with Crippen LogP contribution in [-0.2, 0) is 0 Å². The van der Waals surface area contributed by atoms with E-state index in [-0.39, 0.29) is 11.1 Å². The standard InChI is InChI=1S/C26H10Br2N2O2S/c27-13-3-1-11-7-19-15-5-6-16-22-21(15)24(26(32)29(19)17(11)9-13)33-23(22)20-8-12-2-4-14(28)10-18(12)30(20)25(16)31/h1-10H. The molecule has 5 heterocycles. The summed E-state index contributed by atoms with van der Waals surface area (Å²) in [6, 6.07) is 20.0. The minimum absolute atomic E-state index is 0.0382. The first kappa shape index (κ1) is 18.4. The summed E-state index contributed by atoms with van der Waals surface area (Å²) in [5.74, 6) is 0. The maximum atomic E-state index is 13.8. The topological polar surface area (TPSA) is 43.0 Å². The maximum absolute atomic E-state index is 13.8. The van der Waals surface area contributed by atoms with Gasteiger partial charge in [0.1, 0.15) is 4.70 Å². The van der Waals surface area contributed by atoms with Crippen LogP contribution in [0.2, 0.25) is 0 Å². The molecule has 4 nitrogen and oxygen atoms in total. The van der Waals surface area contributed by atoms with Crippen molar-refractivity contribution in [3.63, 3.8) is 0 Å². The fourth-order valence-corrected chi connectivity index (χ4v) is 7.34. The van der Waals surface area contributed by atoms with Crippen molar-refractivity contribution >= 4 is 107 Å². The summed E-state index contributed by atoms with van der Waals surface area (Å²) in [4.78, 5) is 27.5. The summed E-state index contributed by atoms with van der Waals surface area (Å²) < 4.78 is 7.12. The summed E-state index contributed by atoms with van der Waals surface area (Å²) in [6.07, 6.45) is 0. The highest BCUT2D eigenvalue weighted by molar-refractivity contribution is 9.10. The third kappa shape index (κ3) is 2.11. The van der Waals surface area contributed by atoms with Gasteiger partial charge in [-0.3, -0.25) is 18.4 Å². The lowest BCUT2D eigenvalue weighted by atomic mass is 10.0. The molecule has 0 N–H and O–H groups in total. The third-order valence-corrected chi connectivity index (χ3v) is 8.92. The smallest absolute Gasteiger partial charge is 0.273 e. The van der Waals surface area contributed by atoms with Gasteiger partial charge < -0.3 is 0 Å². The largest absolute Gasteiger partial charge is 0.275 e. The number of rotatable bonds is 0. The Hall–Kier alpha value is -3.00. The number of nitrogens with zero attached hydrogens (tertiary/aromatic N) is 2. The van der Waals surface area contributed by atoms with Gasteiger partial charge in [0.2, 0.25) is 0 Å². The molecular formula is C26H10Br2N2O2S. The summed E-state index contributed by atoms with van der Waals surface area (Å²) >= 11 is 8.56. The Labute approximate surface area is 205 Å². The van der Waals surface area contributed by atoms with E-state index in [1.165, 1.54) is 11.3 Å². The van der Waals surface area contributed by atoms with E-state index < -0.39 is 0 Å². The van der Waals surface area contributed by atoms with Crippen LogP contribution >= 0.6 is 43.2 Å². The number of fused-ring (bicyclic) bond motifs is 8. The average molecular weight is 574 g/mol. The second kappa shape index (κ2) is 5.91. The van der Waals surface area contributed by atoms with Crippen molar-refractivity contribution in [1.29, 1.82) is 0 Å². The van der Waals surface area contributed by atoms with Gasteiger partial charge >= 0.3 is 0 Å². The molecule has 0 bridgehead atoms. The molecule has 0 amide bonds. The van der Waals surface area contributed by atoms with Crippen molar-refractivity contribution in [2.75, 3.05) is 0 Å². The second-order valence-corrected chi connectivity index (χ2v) is 11.3. The van der Waals surface area contributed by atoms with Gasteiger partial charge in [-0.1, -0.05) is 50.1 Å². The fourth-order valence-electron chi connectivity index (χ4n) is 5.37. The summed E-state index contributed by atoms with van der Waals surface area (Å²) in [7, 11) is 0. The third-order valence-electron chi connectivity index (χ3n) is 6.74. The first-order chi connectivity index (χ1) is 16.0. The van der Waals surface area contributed by atoms with Gasteiger partial charge in [-0.25, -0.2) is 0 Å². The van der Waals surface area contributed by atoms with E-state index in [1.807, 2.05) is 52.9 Å². The first-order valence-corrected chi connectivity index (χ1v) is 12.7. The number of benzene rings is 3. The van der Waals surface area contributed by atoms with E-state index in [1.54, 1.807) is 4.40 Å². The van der Waals surface area contributed by atoms with Crippen molar-refractivity contribution in [1.82, 2.24) is 8.80 Å². The van der Waals surface area contributed by atoms with Crippen molar-refractivity contribution in [3.05, 3.63) is 90.3 Å². The molecule has 0 aliphatic carbocycles. The van der Waals surface area contributed by atoms with Crippen LogP contribution < -0.4 is 11.1 Å². The van der Waals surface area contributed by atoms with Gasteiger partial charge in [-0.05, 0) is 42.5 Å². The number of thiophene rings is 1. The predicted octanol–water partition coefficient (Wildman–Crippen LogP) is 7.14. The molecule has 3 aromatic carbocycles. The van der Waals surface area contributed by atoms with Crippen LogP contribution in [0.4, 0.5) is 0 Å². The average Bonchev–Trinajstić information content (AvgIpc) is 3.48. The molecular weight excluding hydrogens is 564 g/mol. The molecule has 0 saturated heterocycles. The number of aromatic nitrogens is 2. The lowest BCUT2D eigenvalue weighted by Gasteiger charge is -2.06. The highest BCUT2D eigenvalue weighted by Crippen LogP contribution is 2.43. The van der Waals surface area contributed by atoms with Gasteiger partial charge in [0.25, 0.3) is 11.1 Å². The van der Waals surface area contributed by atoms with Crippen LogP contribution in [0.5, 0.6) is 0 Å². The highest BCUT2D eigenvalue weighted by Gasteiger charge is 2.23. The normalized spacial score (nSPS) is 12.8. The molecule has 0 spiro atoms. The molecule has 0 radical (unpaired) electrons. The van der Waals surface area contributed by atoms with Gasteiger partial charge in [0.05, 0.1) is 26.8 Å². The predicted molar refractivity (Wildman–Crippen MR) is 144 cm³/mol. The monoisotopic (exact) mass is 572 g/mol. The Balaban J connectivity index is 1.71. The molecule has 7 heteroatoms. The van der Waals surface area contributed by atoms with E-state index in [9.17, 15) is 9.59 Å². The van der Waals surface area contributed by atoms with Crippen molar-refractivity contribution in [2.45, 2.75) is 0 Å². The Morgan fingerprint density at radius 3 is 1.85 bits per heavy atom. The molecule has 0 saturated carbocycles. The van der Waals surface area contributed by atoms with Crippen LogP contribution in [-0.4, -0.2) is 8.80 Å². The molecule has 8 rings (SSSR count). The van der Waals surface area contributed by atoms with Crippen LogP contribution in [0.15, 0.2) is 79.2 Å². The fraction of sp³-hybridized carbons (Fsp3) is 0. The van der Waals surface area contributed by atoms with E-state index in [4.69, 9.17) is 0 Å². The van der Waals surface area contributed by atoms with Gasteiger partial charge in [0.15, 0.2) is 0 Å². The SMILES string of the molecule is O=c1c2sc3c4c(ccc(c24)c2cc4ccc(Br)cc4n12)c(=O)n1c2cc(Br)ccc2cc31. The molecule has 8 aromatic rings. The molecule has 0 aliphatic rings. The molecule has 156 valence electrons. The number of hydrogen-bond acceptors (Lipinski definition) is 3. The summed E-state index contributed by atoms with van der Waals surface area (Å²) in [6.45, 7) is 0. The quantitative estimate of drug-likeness (QED) is 0.181. The summed E-state index contributed by atoms with van der Waals surface area (Å²) in [5.41, 5.74) is 3.38. The number of pyridine rings is 2. The maximum Gasteiger partial charge on any atom is 0.273 e. The minimum Gasteiger partial charge on any atom is -0.275 e. The minimum atomic E-state index is -0.0519.